The lowest BCUT2D eigenvalue weighted by Gasteiger charge is -2.38. The number of benzene rings is 1. The molecule has 0 spiro atoms. The summed E-state index contributed by atoms with van der Waals surface area (Å²) in [6.07, 6.45) is 2.73. The summed E-state index contributed by atoms with van der Waals surface area (Å²) in [7, 11) is 0. The first kappa shape index (κ1) is 11.7. The van der Waals surface area contributed by atoms with Gasteiger partial charge in [-0.1, -0.05) is 43.7 Å². The first-order chi connectivity index (χ1) is 7.65. The molecule has 1 fully saturated rings. The Hall–Kier alpha value is -0.820. The molecule has 0 saturated heterocycles. The first-order valence-electron chi connectivity index (χ1n) is 6.44. The Morgan fingerprint density at radius 2 is 2.06 bits per heavy atom. The third-order valence-corrected chi connectivity index (χ3v) is 3.79. The summed E-state index contributed by atoms with van der Waals surface area (Å²) in [5, 5.41) is 3.65. The molecule has 1 aromatic rings. The molecule has 0 bridgehead atoms. The van der Waals surface area contributed by atoms with Crippen molar-refractivity contribution in [3.05, 3.63) is 35.4 Å². The molecule has 0 heterocycles. The molecular weight excluding hydrogens is 194 g/mol. The van der Waals surface area contributed by atoms with Crippen molar-refractivity contribution < 1.29 is 0 Å². The summed E-state index contributed by atoms with van der Waals surface area (Å²) in [5.74, 6) is 1.81. The third kappa shape index (κ3) is 2.85. The second-order valence-electron chi connectivity index (χ2n) is 5.54. The lowest BCUT2D eigenvalue weighted by Crippen LogP contribution is -2.42. The maximum absolute atomic E-state index is 3.65. The second kappa shape index (κ2) is 5.01. The smallest absolute Gasteiger partial charge is 0.0208 e. The molecule has 1 N–H and O–H groups in total. The highest BCUT2D eigenvalue weighted by Gasteiger charge is 2.30. The van der Waals surface area contributed by atoms with Crippen molar-refractivity contribution in [3.8, 4) is 0 Å². The van der Waals surface area contributed by atoms with Crippen LogP contribution in [-0.4, -0.2) is 6.04 Å². The van der Waals surface area contributed by atoms with Crippen LogP contribution in [0.3, 0.4) is 0 Å². The molecule has 0 radical (unpaired) electrons. The molecule has 0 aliphatic heterocycles. The Kier molecular flexibility index (Phi) is 3.65. The van der Waals surface area contributed by atoms with Crippen LogP contribution in [0.1, 0.15) is 37.8 Å². The number of nitrogens with one attached hydrogen (secondary N) is 1. The van der Waals surface area contributed by atoms with Gasteiger partial charge < -0.3 is 5.32 Å². The molecule has 88 valence electrons. The van der Waals surface area contributed by atoms with Gasteiger partial charge in [-0.15, -0.1) is 0 Å². The minimum Gasteiger partial charge on any atom is -0.310 e. The topological polar surface area (TPSA) is 12.0 Å². The molecule has 1 aromatic carbocycles. The van der Waals surface area contributed by atoms with Crippen LogP contribution in [0, 0.1) is 18.8 Å². The van der Waals surface area contributed by atoms with Gasteiger partial charge in [-0.3, -0.25) is 0 Å². The van der Waals surface area contributed by atoms with Gasteiger partial charge in [0.15, 0.2) is 0 Å². The van der Waals surface area contributed by atoms with Crippen LogP contribution in [0.25, 0.3) is 0 Å². The molecule has 0 unspecified atom stereocenters. The van der Waals surface area contributed by atoms with Crippen LogP contribution in [0.5, 0.6) is 0 Å². The fourth-order valence-electron chi connectivity index (χ4n) is 2.46. The van der Waals surface area contributed by atoms with Crippen molar-refractivity contribution in [2.45, 2.75) is 46.2 Å². The van der Waals surface area contributed by atoms with Crippen LogP contribution in [0.4, 0.5) is 0 Å². The molecule has 1 nitrogen and oxygen atoms in total. The van der Waals surface area contributed by atoms with Gasteiger partial charge in [0, 0.05) is 12.6 Å². The third-order valence-electron chi connectivity index (χ3n) is 3.79. The highest BCUT2D eigenvalue weighted by atomic mass is 14.9. The number of aryl methyl sites for hydroxylation is 1. The zero-order valence-corrected chi connectivity index (χ0v) is 10.7. The summed E-state index contributed by atoms with van der Waals surface area (Å²) < 4.78 is 0. The Bertz CT molecular complexity index is 337. The predicted molar refractivity (Wildman–Crippen MR) is 69.4 cm³/mol. The van der Waals surface area contributed by atoms with Gasteiger partial charge in [-0.25, -0.2) is 0 Å². The Morgan fingerprint density at radius 3 is 2.69 bits per heavy atom. The van der Waals surface area contributed by atoms with Gasteiger partial charge in [-0.2, -0.15) is 0 Å². The Balaban J connectivity index is 1.73. The summed E-state index contributed by atoms with van der Waals surface area (Å²) in [4.78, 5) is 0. The Labute approximate surface area is 99.3 Å². The van der Waals surface area contributed by atoms with Gasteiger partial charge in [0.25, 0.3) is 0 Å². The van der Waals surface area contributed by atoms with E-state index in [2.05, 4.69) is 50.4 Å². The van der Waals surface area contributed by atoms with Gasteiger partial charge in [0.05, 0.1) is 0 Å². The minimum atomic E-state index is 0.757. The van der Waals surface area contributed by atoms with Crippen LogP contribution < -0.4 is 5.32 Å². The quantitative estimate of drug-likeness (QED) is 0.813. The van der Waals surface area contributed by atoms with Crippen molar-refractivity contribution in [1.82, 2.24) is 5.32 Å². The fourth-order valence-corrected chi connectivity index (χ4v) is 2.46. The van der Waals surface area contributed by atoms with E-state index in [1.54, 1.807) is 0 Å². The zero-order valence-electron chi connectivity index (χ0n) is 10.7. The molecule has 1 aliphatic rings. The molecular formula is C15H23N. The summed E-state index contributed by atoms with van der Waals surface area (Å²) in [5.41, 5.74) is 2.76. The maximum Gasteiger partial charge on any atom is 0.0208 e. The van der Waals surface area contributed by atoms with Crippen molar-refractivity contribution in [2.24, 2.45) is 11.8 Å². The molecule has 0 amide bonds. The lowest BCUT2D eigenvalue weighted by molar-refractivity contribution is 0.167. The van der Waals surface area contributed by atoms with Gasteiger partial charge >= 0.3 is 0 Å². The average Bonchev–Trinajstić information content (AvgIpc) is 2.14. The van der Waals surface area contributed by atoms with Crippen molar-refractivity contribution in [2.75, 3.05) is 0 Å². The average molecular weight is 217 g/mol. The summed E-state index contributed by atoms with van der Waals surface area (Å²) >= 11 is 0. The van der Waals surface area contributed by atoms with E-state index in [0.717, 1.165) is 24.4 Å². The normalized spacial score (nSPS) is 24.5. The largest absolute Gasteiger partial charge is 0.310 e. The van der Waals surface area contributed by atoms with E-state index in [1.807, 2.05) is 0 Å². The SMILES string of the molecule is Cc1cccc(CNC2CC(C(C)C)C2)c1. The maximum atomic E-state index is 3.65. The van der Waals surface area contributed by atoms with Crippen LogP contribution in [0.15, 0.2) is 24.3 Å². The van der Waals surface area contributed by atoms with Crippen LogP contribution in [0.2, 0.25) is 0 Å². The number of rotatable bonds is 4. The Morgan fingerprint density at radius 1 is 1.31 bits per heavy atom. The predicted octanol–water partition coefficient (Wildman–Crippen LogP) is 3.52. The van der Waals surface area contributed by atoms with Crippen LogP contribution >= 0.6 is 0 Å². The highest BCUT2D eigenvalue weighted by molar-refractivity contribution is 5.22. The standard InChI is InChI=1S/C15H23N/c1-11(2)14-8-15(9-14)16-10-13-6-4-5-12(3)7-13/h4-7,11,14-16H,8-10H2,1-3H3. The molecule has 2 rings (SSSR count). The number of hydrogen-bond donors (Lipinski definition) is 1. The summed E-state index contributed by atoms with van der Waals surface area (Å²) in [6.45, 7) is 7.85. The van der Waals surface area contributed by atoms with Gasteiger partial charge in [0.2, 0.25) is 0 Å². The highest BCUT2D eigenvalue weighted by Crippen LogP contribution is 2.33. The molecule has 1 saturated carbocycles. The molecule has 0 aromatic heterocycles. The number of hydrogen-bond acceptors (Lipinski definition) is 1. The van der Waals surface area contributed by atoms with Gasteiger partial charge in [0.1, 0.15) is 0 Å². The second-order valence-corrected chi connectivity index (χ2v) is 5.54. The summed E-state index contributed by atoms with van der Waals surface area (Å²) in [6, 6.07) is 9.53. The van der Waals surface area contributed by atoms with E-state index >= 15 is 0 Å². The van der Waals surface area contributed by atoms with E-state index in [1.165, 1.54) is 24.0 Å². The van der Waals surface area contributed by atoms with E-state index in [9.17, 15) is 0 Å². The molecule has 16 heavy (non-hydrogen) atoms. The van der Waals surface area contributed by atoms with Crippen molar-refractivity contribution in [1.29, 1.82) is 0 Å². The zero-order chi connectivity index (χ0) is 11.5. The molecule has 0 atom stereocenters. The fraction of sp³-hybridized carbons (Fsp3) is 0.600. The van der Waals surface area contributed by atoms with E-state index in [4.69, 9.17) is 0 Å². The van der Waals surface area contributed by atoms with E-state index in [-0.39, 0.29) is 0 Å². The van der Waals surface area contributed by atoms with Gasteiger partial charge in [-0.05, 0) is 37.2 Å². The van der Waals surface area contributed by atoms with Crippen LogP contribution in [-0.2, 0) is 6.54 Å². The van der Waals surface area contributed by atoms with E-state index < -0.39 is 0 Å². The van der Waals surface area contributed by atoms with Crippen molar-refractivity contribution >= 4 is 0 Å². The lowest BCUT2D eigenvalue weighted by atomic mass is 9.73. The van der Waals surface area contributed by atoms with E-state index in [0.29, 0.717) is 0 Å². The van der Waals surface area contributed by atoms with Crippen molar-refractivity contribution in [3.63, 3.8) is 0 Å². The molecule has 1 aliphatic carbocycles. The molecule has 1 heteroatoms. The first-order valence-corrected chi connectivity index (χ1v) is 6.44. The monoisotopic (exact) mass is 217 g/mol. The minimum absolute atomic E-state index is 0.757.